The lowest BCUT2D eigenvalue weighted by atomic mass is 9.91. The van der Waals surface area contributed by atoms with Crippen LogP contribution in [0.3, 0.4) is 0 Å². The standard InChI is InChI=1S/C19H32N4OS2.HI/c1-18(2,16-5-4-11-26-16)13-21-17(20-3)22-14-19(6-12-25-15-19)23-7-9-24-10-8-23;/h4-5,11H,6-10,12-15H2,1-3H3,(H2,20,21,22);1H. The van der Waals surface area contributed by atoms with E-state index >= 15 is 0 Å². The molecule has 2 aliphatic rings. The molecular weight excluding hydrogens is 491 g/mol. The molecule has 0 saturated carbocycles. The second-order valence-corrected chi connectivity index (χ2v) is 9.82. The third-order valence-corrected chi connectivity index (χ3v) is 7.93. The van der Waals surface area contributed by atoms with E-state index in [1.807, 2.05) is 18.4 Å². The van der Waals surface area contributed by atoms with E-state index in [9.17, 15) is 0 Å². The Morgan fingerprint density at radius 1 is 1.33 bits per heavy atom. The summed E-state index contributed by atoms with van der Waals surface area (Å²) in [4.78, 5) is 8.49. The van der Waals surface area contributed by atoms with Gasteiger partial charge in [-0.15, -0.1) is 35.3 Å². The van der Waals surface area contributed by atoms with Crippen LogP contribution >= 0.6 is 47.1 Å². The summed E-state index contributed by atoms with van der Waals surface area (Å²) in [7, 11) is 1.86. The number of rotatable bonds is 6. The van der Waals surface area contributed by atoms with E-state index in [2.05, 4.69) is 63.6 Å². The van der Waals surface area contributed by atoms with Crippen LogP contribution in [0, 0.1) is 0 Å². The maximum atomic E-state index is 5.56. The van der Waals surface area contributed by atoms with Gasteiger partial charge in [-0.3, -0.25) is 9.89 Å². The van der Waals surface area contributed by atoms with Gasteiger partial charge >= 0.3 is 0 Å². The molecule has 3 rings (SSSR count). The average Bonchev–Trinajstić information content (AvgIpc) is 3.36. The van der Waals surface area contributed by atoms with Crippen molar-refractivity contribution in [3.63, 3.8) is 0 Å². The van der Waals surface area contributed by atoms with Crippen molar-refractivity contribution in [3.8, 4) is 0 Å². The van der Waals surface area contributed by atoms with Crippen LogP contribution in [0.25, 0.3) is 0 Å². The van der Waals surface area contributed by atoms with Crippen molar-refractivity contribution in [2.45, 2.75) is 31.2 Å². The van der Waals surface area contributed by atoms with Gasteiger partial charge in [0.15, 0.2) is 5.96 Å². The number of nitrogens with zero attached hydrogens (tertiary/aromatic N) is 2. The Morgan fingerprint density at radius 3 is 2.70 bits per heavy atom. The van der Waals surface area contributed by atoms with Crippen molar-refractivity contribution in [1.29, 1.82) is 0 Å². The predicted molar refractivity (Wildman–Crippen MR) is 129 cm³/mol. The predicted octanol–water partition coefficient (Wildman–Crippen LogP) is 3.02. The Labute approximate surface area is 189 Å². The molecular formula is C19H33IN4OS2. The highest BCUT2D eigenvalue weighted by atomic mass is 127. The van der Waals surface area contributed by atoms with Gasteiger partial charge in [0.1, 0.15) is 0 Å². The first-order chi connectivity index (χ1) is 12.6. The van der Waals surface area contributed by atoms with Crippen LogP contribution in [0.1, 0.15) is 25.1 Å². The van der Waals surface area contributed by atoms with E-state index in [1.165, 1.54) is 22.8 Å². The van der Waals surface area contributed by atoms with Gasteiger partial charge in [-0.2, -0.15) is 11.8 Å². The summed E-state index contributed by atoms with van der Waals surface area (Å²) in [6.07, 6.45) is 1.24. The lowest BCUT2D eigenvalue weighted by molar-refractivity contribution is -0.0120. The molecule has 0 amide bonds. The van der Waals surface area contributed by atoms with Gasteiger partial charge in [0, 0.05) is 54.8 Å². The minimum Gasteiger partial charge on any atom is -0.379 e. The molecule has 0 spiro atoms. The van der Waals surface area contributed by atoms with Gasteiger partial charge in [0.05, 0.1) is 13.2 Å². The third-order valence-electron chi connectivity index (χ3n) is 5.46. The van der Waals surface area contributed by atoms with E-state index in [4.69, 9.17) is 4.74 Å². The zero-order valence-corrected chi connectivity index (χ0v) is 20.6. The second kappa shape index (κ2) is 10.7. The van der Waals surface area contributed by atoms with Crippen molar-refractivity contribution in [3.05, 3.63) is 22.4 Å². The van der Waals surface area contributed by atoms with E-state index < -0.39 is 0 Å². The molecule has 154 valence electrons. The SMILES string of the molecule is CN=C(NCC(C)(C)c1cccs1)NCC1(N2CCOCC2)CCSC1.I. The van der Waals surface area contributed by atoms with E-state index in [1.54, 1.807) is 0 Å². The molecule has 27 heavy (non-hydrogen) atoms. The van der Waals surface area contributed by atoms with Crippen molar-refractivity contribution in [2.24, 2.45) is 4.99 Å². The summed E-state index contributed by atoms with van der Waals surface area (Å²) >= 11 is 3.89. The summed E-state index contributed by atoms with van der Waals surface area (Å²) in [6, 6.07) is 4.34. The molecule has 0 radical (unpaired) electrons. The summed E-state index contributed by atoms with van der Waals surface area (Å²) in [5.74, 6) is 3.34. The van der Waals surface area contributed by atoms with Gasteiger partial charge in [-0.05, 0) is 23.6 Å². The first-order valence-electron chi connectivity index (χ1n) is 9.45. The van der Waals surface area contributed by atoms with Gasteiger partial charge in [-0.25, -0.2) is 0 Å². The van der Waals surface area contributed by atoms with Gasteiger partial charge < -0.3 is 15.4 Å². The van der Waals surface area contributed by atoms with Crippen LogP contribution in [0.2, 0.25) is 0 Å². The second-order valence-electron chi connectivity index (χ2n) is 7.77. The van der Waals surface area contributed by atoms with Crippen LogP contribution in [0.15, 0.2) is 22.5 Å². The minimum atomic E-state index is 0. The zero-order valence-electron chi connectivity index (χ0n) is 16.6. The molecule has 1 aromatic rings. The quantitative estimate of drug-likeness (QED) is 0.341. The molecule has 0 aromatic carbocycles. The number of morpholine rings is 1. The van der Waals surface area contributed by atoms with Crippen LogP contribution < -0.4 is 10.6 Å². The zero-order chi connectivity index (χ0) is 18.5. The summed E-state index contributed by atoms with van der Waals surface area (Å²) in [5.41, 5.74) is 0.326. The lowest BCUT2D eigenvalue weighted by Gasteiger charge is -2.43. The van der Waals surface area contributed by atoms with E-state index in [0.29, 0.717) is 0 Å². The average molecular weight is 525 g/mol. The fourth-order valence-corrected chi connectivity index (χ4v) is 5.99. The summed E-state index contributed by atoms with van der Waals surface area (Å²) < 4.78 is 5.56. The monoisotopic (exact) mass is 524 g/mol. The summed E-state index contributed by atoms with van der Waals surface area (Å²) in [5, 5.41) is 9.30. The maximum Gasteiger partial charge on any atom is 0.191 e. The molecule has 8 heteroatoms. The molecule has 0 bridgehead atoms. The highest BCUT2D eigenvalue weighted by Crippen LogP contribution is 2.33. The first-order valence-corrected chi connectivity index (χ1v) is 11.5. The van der Waals surface area contributed by atoms with Crippen molar-refractivity contribution in [2.75, 3.05) is 57.9 Å². The number of halogens is 1. The Hall–Kier alpha value is -0.0300. The van der Waals surface area contributed by atoms with Crippen LogP contribution in [-0.4, -0.2) is 74.3 Å². The molecule has 1 aromatic heterocycles. The number of hydrogen-bond acceptors (Lipinski definition) is 5. The molecule has 2 saturated heterocycles. The van der Waals surface area contributed by atoms with Crippen molar-refractivity contribution in [1.82, 2.24) is 15.5 Å². The number of hydrogen-bond donors (Lipinski definition) is 2. The van der Waals surface area contributed by atoms with Crippen molar-refractivity contribution >= 4 is 53.0 Å². The van der Waals surface area contributed by atoms with Gasteiger partial charge in [0.25, 0.3) is 0 Å². The maximum absolute atomic E-state index is 5.56. The van der Waals surface area contributed by atoms with Gasteiger partial charge in [-0.1, -0.05) is 19.9 Å². The highest BCUT2D eigenvalue weighted by molar-refractivity contribution is 14.0. The smallest absolute Gasteiger partial charge is 0.191 e. The van der Waals surface area contributed by atoms with Crippen LogP contribution in [0.4, 0.5) is 0 Å². The number of aliphatic imine (C=N–C) groups is 1. The molecule has 0 aliphatic carbocycles. The van der Waals surface area contributed by atoms with E-state index in [-0.39, 0.29) is 34.9 Å². The lowest BCUT2D eigenvalue weighted by Crippen LogP contribution is -2.60. The topological polar surface area (TPSA) is 48.9 Å². The number of guanidine groups is 1. The summed E-state index contributed by atoms with van der Waals surface area (Å²) in [6.45, 7) is 10.2. The third kappa shape index (κ3) is 5.98. The Morgan fingerprint density at radius 2 is 2.11 bits per heavy atom. The largest absolute Gasteiger partial charge is 0.379 e. The van der Waals surface area contributed by atoms with Gasteiger partial charge in [0.2, 0.25) is 0 Å². The molecule has 1 unspecified atom stereocenters. The molecule has 1 atom stereocenters. The number of ether oxygens (including phenoxy) is 1. The Balaban J connectivity index is 0.00000261. The fraction of sp³-hybridized carbons (Fsp3) is 0.737. The Kier molecular flexibility index (Phi) is 9.18. The Bertz CT molecular complexity index is 583. The molecule has 3 heterocycles. The van der Waals surface area contributed by atoms with E-state index in [0.717, 1.165) is 45.4 Å². The molecule has 2 N–H and O–H groups in total. The van der Waals surface area contributed by atoms with Crippen molar-refractivity contribution < 1.29 is 4.74 Å². The molecule has 2 aliphatic heterocycles. The number of thiophene rings is 1. The highest BCUT2D eigenvalue weighted by Gasteiger charge is 2.40. The fourth-order valence-electron chi connectivity index (χ4n) is 3.66. The molecule has 2 fully saturated rings. The number of nitrogens with one attached hydrogen (secondary N) is 2. The number of thioether (sulfide) groups is 1. The minimum absolute atomic E-state index is 0. The first kappa shape index (κ1) is 23.3. The van der Waals surface area contributed by atoms with Crippen LogP contribution in [0.5, 0.6) is 0 Å². The van der Waals surface area contributed by atoms with Crippen LogP contribution in [-0.2, 0) is 10.2 Å². The molecule has 5 nitrogen and oxygen atoms in total. The normalized spacial score (nSPS) is 24.5.